The van der Waals surface area contributed by atoms with Crippen LogP contribution < -0.4 is 9.88 Å². The minimum Gasteiger partial charge on any atom is -0.508 e. The third kappa shape index (κ3) is 3.35. The van der Waals surface area contributed by atoms with Crippen molar-refractivity contribution in [2.24, 2.45) is 0 Å². The summed E-state index contributed by atoms with van der Waals surface area (Å²) in [5.41, 5.74) is 4.60. The van der Waals surface area contributed by atoms with Crippen molar-refractivity contribution in [2.45, 2.75) is 19.4 Å². The predicted molar refractivity (Wildman–Crippen MR) is 118 cm³/mol. The summed E-state index contributed by atoms with van der Waals surface area (Å²) in [4.78, 5) is 19.1. The number of carbonyl (C=O) groups excluding carboxylic acids is 1. The van der Waals surface area contributed by atoms with E-state index in [4.69, 9.17) is 4.98 Å². The van der Waals surface area contributed by atoms with Crippen molar-refractivity contribution in [3.05, 3.63) is 83.4 Å². The molecule has 0 saturated heterocycles. The Kier molecular flexibility index (Phi) is 4.56. The van der Waals surface area contributed by atoms with E-state index >= 15 is 0 Å². The Balaban J connectivity index is 1.57. The number of hydrogen-bond acceptors (Lipinski definition) is 5. The van der Waals surface area contributed by atoms with E-state index in [0.717, 1.165) is 27.5 Å². The Morgan fingerprint density at radius 1 is 1.10 bits per heavy atom. The van der Waals surface area contributed by atoms with E-state index in [1.54, 1.807) is 46.4 Å². The Morgan fingerprint density at radius 3 is 2.57 bits per heavy atom. The maximum atomic E-state index is 13.3. The maximum Gasteiger partial charge on any atom is 0.359 e. The van der Waals surface area contributed by atoms with Gasteiger partial charge in [-0.15, -0.1) is 11.3 Å². The number of rotatable bonds is 4. The summed E-state index contributed by atoms with van der Waals surface area (Å²) < 4.78 is 1.68. The molecule has 2 N–H and O–H groups in total. The van der Waals surface area contributed by atoms with Crippen LogP contribution in [-0.2, 0) is 6.42 Å². The molecule has 4 aromatic rings. The molecule has 30 heavy (non-hydrogen) atoms. The molecular weight excluding hydrogens is 394 g/mol. The van der Waals surface area contributed by atoms with Crippen LogP contribution in [0.15, 0.2) is 72.2 Å². The van der Waals surface area contributed by atoms with Crippen molar-refractivity contribution in [1.29, 1.82) is 0 Å². The number of phenolic OH excluding ortho intramolecular Hbond substituents is 1. The fourth-order valence-corrected chi connectivity index (χ4v) is 4.38. The molecule has 2 aromatic carbocycles. The molecular formula is C24H20N3O2S+. The molecule has 5 rings (SSSR count). The number of benzene rings is 2. The normalized spacial score (nSPS) is 15.1. The Hall–Kier alpha value is -3.51. The molecule has 0 radical (unpaired) electrons. The van der Waals surface area contributed by atoms with Crippen LogP contribution in [0.3, 0.4) is 0 Å². The van der Waals surface area contributed by atoms with Crippen molar-refractivity contribution < 1.29 is 14.5 Å². The van der Waals surface area contributed by atoms with Gasteiger partial charge in [0.05, 0.1) is 4.88 Å². The second-order valence-corrected chi connectivity index (χ2v) is 8.39. The van der Waals surface area contributed by atoms with Crippen molar-refractivity contribution in [3.63, 3.8) is 0 Å². The number of anilines is 1. The van der Waals surface area contributed by atoms with Crippen LogP contribution >= 0.6 is 11.3 Å². The summed E-state index contributed by atoms with van der Waals surface area (Å²) in [6.45, 7) is 2.05. The highest BCUT2D eigenvalue weighted by Gasteiger charge is 2.41. The highest BCUT2D eigenvalue weighted by Crippen LogP contribution is 2.32. The Bertz CT molecular complexity index is 1220. The first-order chi connectivity index (χ1) is 14.6. The summed E-state index contributed by atoms with van der Waals surface area (Å²) in [5, 5.41) is 15.0. The number of hydrogen-bond donors (Lipinski definition) is 2. The summed E-state index contributed by atoms with van der Waals surface area (Å²) in [7, 11) is 0. The number of aromatic nitrogens is 2. The highest BCUT2D eigenvalue weighted by atomic mass is 32.1. The zero-order chi connectivity index (χ0) is 20.7. The molecule has 1 aliphatic rings. The van der Waals surface area contributed by atoms with Gasteiger partial charge in [0.25, 0.3) is 0 Å². The first-order valence-corrected chi connectivity index (χ1v) is 10.6. The predicted octanol–water partition coefficient (Wildman–Crippen LogP) is 4.46. The van der Waals surface area contributed by atoms with Crippen LogP contribution in [-0.4, -0.2) is 22.0 Å². The van der Waals surface area contributed by atoms with Crippen LogP contribution in [0.5, 0.6) is 5.75 Å². The molecule has 2 aromatic heterocycles. The minimum atomic E-state index is -0.344. The highest BCUT2D eigenvalue weighted by molar-refractivity contribution is 7.13. The van der Waals surface area contributed by atoms with Crippen molar-refractivity contribution in [3.8, 4) is 27.6 Å². The number of nitrogens with zero attached hydrogens (tertiary/aromatic N) is 2. The van der Waals surface area contributed by atoms with Crippen LogP contribution in [0.4, 0.5) is 5.82 Å². The maximum absolute atomic E-state index is 13.3. The topological polar surface area (TPSA) is 66.1 Å². The number of thiophene rings is 1. The zero-order valence-electron chi connectivity index (χ0n) is 16.4. The van der Waals surface area contributed by atoms with Gasteiger partial charge < -0.3 is 5.11 Å². The van der Waals surface area contributed by atoms with Gasteiger partial charge in [-0.3, -0.25) is 5.32 Å². The van der Waals surface area contributed by atoms with E-state index in [2.05, 4.69) is 36.5 Å². The van der Waals surface area contributed by atoms with Crippen LogP contribution in [0.25, 0.3) is 21.8 Å². The van der Waals surface area contributed by atoms with Crippen molar-refractivity contribution in [1.82, 2.24) is 4.98 Å². The fraction of sp³-hybridized carbons (Fsp3) is 0.125. The molecule has 0 bridgehead atoms. The van der Waals surface area contributed by atoms with E-state index in [-0.39, 0.29) is 17.7 Å². The number of phenols is 1. The SMILES string of the molecule is Cc1ccc(CC2Nc3c(-c4cccs4)nc(-c4ccc(O)cc4)c[n+]3C2=O)cc1. The monoisotopic (exact) mass is 414 g/mol. The third-order valence-corrected chi connectivity index (χ3v) is 6.15. The van der Waals surface area contributed by atoms with Gasteiger partial charge in [-0.05, 0) is 48.2 Å². The number of aryl methyl sites for hydroxylation is 1. The van der Waals surface area contributed by atoms with Gasteiger partial charge in [-0.25, -0.2) is 9.78 Å². The van der Waals surface area contributed by atoms with Gasteiger partial charge in [0.15, 0.2) is 11.7 Å². The Morgan fingerprint density at radius 2 is 1.87 bits per heavy atom. The molecule has 0 saturated carbocycles. The Labute approximate surface area is 178 Å². The standard InChI is InChI=1S/C24H19N3O2S/c1-15-4-6-16(7-5-15)13-19-24(29)27-14-20(17-8-10-18(28)11-9-17)25-22(23(27)26-19)21-3-2-12-30-21/h2-12,14,19,28H,13H2,1H3/p+1. The summed E-state index contributed by atoms with van der Waals surface area (Å²) in [6.07, 6.45) is 2.39. The van der Waals surface area contributed by atoms with Crippen LogP contribution in [0.2, 0.25) is 0 Å². The van der Waals surface area contributed by atoms with Gasteiger partial charge in [0, 0.05) is 12.0 Å². The summed E-state index contributed by atoms with van der Waals surface area (Å²) in [5.74, 6) is 0.926. The number of fused-ring (bicyclic) bond motifs is 1. The summed E-state index contributed by atoms with van der Waals surface area (Å²) in [6, 6.07) is 18.8. The lowest BCUT2D eigenvalue weighted by molar-refractivity contribution is -0.551. The molecule has 148 valence electrons. The van der Waals surface area contributed by atoms with Gasteiger partial charge >= 0.3 is 11.7 Å². The van der Waals surface area contributed by atoms with E-state index in [1.165, 1.54) is 5.56 Å². The molecule has 1 unspecified atom stereocenters. The van der Waals surface area contributed by atoms with Crippen LogP contribution in [0.1, 0.15) is 15.9 Å². The van der Waals surface area contributed by atoms with E-state index < -0.39 is 0 Å². The molecule has 3 heterocycles. The summed E-state index contributed by atoms with van der Waals surface area (Å²) >= 11 is 1.59. The smallest absolute Gasteiger partial charge is 0.359 e. The molecule has 0 spiro atoms. The van der Waals surface area contributed by atoms with Gasteiger partial charge in [-0.2, -0.15) is 4.57 Å². The second kappa shape index (κ2) is 7.39. The minimum absolute atomic E-state index is 0.00538. The average Bonchev–Trinajstić information content (AvgIpc) is 3.39. The average molecular weight is 415 g/mol. The first-order valence-electron chi connectivity index (χ1n) is 9.75. The van der Waals surface area contributed by atoms with Crippen molar-refractivity contribution in [2.75, 3.05) is 5.32 Å². The second-order valence-electron chi connectivity index (χ2n) is 7.44. The van der Waals surface area contributed by atoms with Crippen molar-refractivity contribution >= 4 is 23.1 Å². The van der Waals surface area contributed by atoms with Gasteiger partial charge in [0.1, 0.15) is 17.6 Å². The number of carbonyl (C=O) groups is 1. The molecule has 0 amide bonds. The lowest BCUT2D eigenvalue weighted by Crippen LogP contribution is -2.43. The van der Waals surface area contributed by atoms with Gasteiger partial charge in [0.2, 0.25) is 0 Å². The lowest BCUT2D eigenvalue weighted by atomic mass is 10.0. The largest absolute Gasteiger partial charge is 0.508 e. The molecule has 6 heteroatoms. The molecule has 1 atom stereocenters. The lowest BCUT2D eigenvalue weighted by Gasteiger charge is -2.05. The molecule has 0 fully saturated rings. The molecule has 1 aliphatic heterocycles. The number of aromatic hydroxyl groups is 1. The first kappa shape index (κ1) is 18.5. The quantitative estimate of drug-likeness (QED) is 0.484. The number of nitrogens with one attached hydrogen (secondary N) is 1. The van der Waals surface area contributed by atoms with E-state index in [9.17, 15) is 9.90 Å². The fourth-order valence-electron chi connectivity index (χ4n) is 3.66. The van der Waals surface area contributed by atoms with E-state index in [0.29, 0.717) is 12.1 Å². The van der Waals surface area contributed by atoms with E-state index in [1.807, 2.05) is 17.5 Å². The third-order valence-electron chi connectivity index (χ3n) is 5.27. The molecule has 5 nitrogen and oxygen atoms in total. The van der Waals surface area contributed by atoms with Gasteiger partial charge in [-0.1, -0.05) is 35.9 Å². The zero-order valence-corrected chi connectivity index (χ0v) is 17.2. The molecule has 0 aliphatic carbocycles. The van der Waals surface area contributed by atoms with Crippen LogP contribution in [0, 0.1) is 6.92 Å².